The molecule has 1 aromatic rings. The molecule has 28 heavy (non-hydrogen) atoms. The first-order valence-electron chi connectivity index (χ1n) is 10.0. The number of likely N-dealkylation sites (N-methyl/N-ethyl adjacent to an activating group) is 1. The molecule has 0 aromatic heterocycles. The Bertz CT molecular complexity index is 722. The number of fused-ring (bicyclic) bond motifs is 2. The number of benzene rings is 1. The van der Waals surface area contributed by atoms with Gasteiger partial charge in [0, 0.05) is 36.8 Å². The van der Waals surface area contributed by atoms with Crippen molar-refractivity contribution in [1.29, 1.82) is 0 Å². The molecule has 2 unspecified atom stereocenters. The van der Waals surface area contributed by atoms with Gasteiger partial charge in [-0.25, -0.2) is 0 Å². The number of likely N-dealkylation sites (tertiary alicyclic amines) is 1. The summed E-state index contributed by atoms with van der Waals surface area (Å²) in [7, 11) is 3.70. The summed E-state index contributed by atoms with van der Waals surface area (Å²) < 4.78 is 11.0. The highest BCUT2D eigenvalue weighted by molar-refractivity contribution is 5.95. The van der Waals surface area contributed by atoms with Crippen LogP contribution in [0.3, 0.4) is 0 Å². The van der Waals surface area contributed by atoms with Crippen LogP contribution in [0.1, 0.15) is 43.5 Å². The molecule has 2 saturated heterocycles. The molecule has 2 atom stereocenters. The van der Waals surface area contributed by atoms with E-state index in [1.807, 2.05) is 18.7 Å². The van der Waals surface area contributed by atoms with Crippen molar-refractivity contribution >= 4 is 11.8 Å². The zero-order chi connectivity index (χ0) is 20.3. The first-order valence-corrected chi connectivity index (χ1v) is 10.0. The molecule has 2 fully saturated rings. The van der Waals surface area contributed by atoms with Crippen LogP contribution in [0.2, 0.25) is 0 Å². The molecule has 0 spiro atoms. The molecule has 1 aromatic carbocycles. The Labute approximate surface area is 167 Å². The molecule has 2 amide bonds. The van der Waals surface area contributed by atoms with Gasteiger partial charge in [0.2, 0.25) is 0 Å². The number of amides is 2. The van der Waals surface area contributed by atoms with Crippen molar-refractivity contribution < 1.29 is 19.1 Å². The number of carbonyl (C=O) groups excluding carboxylic acids is 2. The average Bonchev–Trinajstić information content (AvgIpc) is 2.90. The largest absolute Gasteiger partial charge is 0.493 e. The summed E-state index contributed by atoms with van der Waals surface area (Å²) in [4.78, 5) is 29.2. The van der Waals surface area contributed by atoms with Crippen LogP contribution < -0.4 is 14.8 Å². The lowest BCUT2D eigenvalue weighted by molar-refractivity contribution is -0.123. The monoisotopic (exact) mass is 389 g/mol. The fourth-order valence-electron chi connectivity index (χ4n) is 4.10. The van der Waals surface area contributed by atoms with Crippen LogP contribution >= 0.6 is 0 Å². The van der Waals surface area contributed by atoms with Gasteiger partial charge in [-0.1, -0.05) is 0 Å². The van der Waals surface area contributed by atoms with E-state index in [1.54, 1.807) is 18.2 Å². The minimum absolute atomic E-state index is 0.0170. The Morgan fingerprint density at radius 3 is 2.64 bits per heavy atom. The second-order valence-corrected chi connectivity index (χ2v) is 7.97. The van der Waals surface area contributed by atoms with E-state index in [-0.39, 0.29) is 24.5 Å². The van der Waals surface area contributed by atoms with Gasteiger partial charge in [0.15, 0.2) is 18.1 Å². The Kier molecular flexibility index (Phi) is 6.44. The molecule has 0 saturated carbocycles. The minimum atomic E-state index is -0.194. The number of hydrogen-bond acceptors (Lipinski definition) is 5. The summed E-state index contributed by atoms with van der Waals surface area (Å²) in [5, 5.41) is 2.78. The average molecular weight is 389 g/mol. The SMILES string of the molecule is COc1cc(C(=O)N2CCC3CCC(C2)N3C)ccc1OCC(=O)NC(C)C. The van der Waals surface area contributed by atoms with Crippen LogP contribution in [0.4, 0.5) is 0 Å². The van der Waals surface area contributed by atoms with Gasteiger partial charge in [-0.2, -0.15) is 0 Å². The van der Waals surface area contributed by atoms with Crippen LogP contribution in [0.25, 0.3) is 0 Å². The van der Waals surface area contributed by atoms with Crippen LogP contribution in [0.5, 0.6) is 11.5 Å². The quantitative estimate of drug-likeness (QED) is 0.805. The number of nitrogens with zero attached hydrogens (tertiary/aromatic N) is 2. The van der Waals surface area contributed by atoms with Crippen molar-refractivity contribution in [3.63, 3.8) is 0 Å². The van der Waals surface area contributed by atoms with E-state index in [0.717, 1.165) is 25.9 Å². The van der Waals surface area contributed by atoms with Gasteiger partial charge in [0.05, 0.1) is 7.11 Å². The lowest BCUT2D eigenvalue weighted by Gasteiger charge is -2.26. The third-order valence-electron chi connectivity index (χ3n) is 5.65. The predicted octanol–water partition coefficient (Wildman–Crippen LogP) is 1.91. The van der Waals surface area contributed by atoms with Crippen LogP contribution in [0.15, 0.2) is 18.2 Å². The molecule has 2 aliphatic heterocycles. The van der Waals surface area contributed by atoms with Gasteiger partial charge in [-0.15, -0.1) is 0 Å². The number of ether oxygens (including phenoxy) is 2. The predicted molar refractivity (Wildman–Crippen MR) is 107 cm³/mol. The molecular formula is C21H31N3O4. The number of hydrogen-bond donors (Lipinski definition) is 1. The lowest BCUT2D eigenvalue weighted by Crippen LogP contribution is -2.39. The molecule has 7 heteroatoms. The molecule has 2 bridgehead atoms. The third kappa shape index (κ3) is 4.58. The molecule has 3 rings (SSSR count). The first-order chi connectivity index (χ1) is 13.4. The van der Waals surface area contributed by atoms with Crippen LogP contribution in [-0.2, 0) is 4.79 Å². The van der Waals surface area contributed by atoms with Gasteiger partial charge in [0.1, 0.15) is 0 Å². The third-order valence-corrected chi connectivity index (χ3v) is 5.65. The highest BCUT2D eigenvalue weighted by atomic mass is 16.5. The Hall–Kier alpha value is -2.28. The van der Waals surface area contributed by atoms with E-state index in [4.69, 9.17) is 9.47 Å². The second-order valence-electron chi connectivity index (χ2n) is 7.97. The summed E-state index contributed by atoms with van der Waals surface area (Å²) in [6, 6.07) is 6.23. The second kappa shape index (κ2) is 8.82. The van der Waals surface area contributed by atoms with Crippen molar-refractivity contribution in [3.8, 4) is 11.5 Å². The van der Waals surface area contributed by atoms with Crippen molar-refractivity contribution in [2.75, 3.05) is 33.9 Å². The number of carbonyl (C=O) groups is 2. The van der Waals surface area contributed by atoms with Crippen molar-refractivity contribution in [2.24, 2.45) is 0 Å². The van der Waals surface area contributed by atoms with Crippen LogP contribution in [0, 0.1) is 0 Å². The zero-order valence-electron chi connectivity index (χ0n) is 17.2. The van der Waals surface area contributed by atoms with Gasteiger partial charge in [-0.3, -0.25) is 14.5 Å². The zero-order valence-corrected chi connectivity index (χ0v) is 17.2. The fourth-order valence-corrected chi connectivity index (χ4v) is 4.10. The van der Waals surface area contributed by atoms with Crippen LogP contribution in [-0.4, -0.2) is 73.6 Å². The summed E-state index contributed by atoms with van der Waals surface area (Å²) in [5.41, 5.74) is 0.580. The normalized spacial score (nSPS) is 22.1. The van der Waals surface area contributed by atoms with Crippen molar-refractivity contribution in [3.05, 3.63) is 23.8 Å². The van der Waals surface area contributed by atoms with Gasteiger partial charge in [-0.05, 0) is 58.4 Å². The highest BCUT2D eigenvalue weighted by Gasteiger charge is 2.36. The number of methoxy groups -OCH3 is 1. The van der Waals surface area contributed by atoms with E-state index < -0.39 is 0 Å². The molecule has 1 N–H and O–H groups in total. The van der Waals surface area contributed by atoms with E-state index in [0.29, 0.717) is 29.1 Å². The van der Waals surface area contributed by atoms with Crippen molar-refractivity contribution in [1.82, 2.24) is 15.1 Å². The molecule has 2 aliphatic rings. The van der Waals surface area contributed by atoms with E-state index in [1.165, 1.54) is 13.5 Å². The van der Waals surface area contributed by atoms with Gasteiger partial charge < -0.3 is 19.7 Å². The summed E-state index contributed by atoms with van der Waals surface area (Å²) in [6.07, 6.45) is 3.40. The lowest BCUT2D eigenvalue weighted by atomic mass is 10.1. The molecule has 0 aliphatic carbocycles. The molecule has 154 valence electrons. The Balaban J connectivity index is 1.67. The summed E-state index contributed by atoms with van der Waals surface area (Å²) in [6.45, 7) is 5.24. The van der Waals surface area contributed by atoms with Crippen molar-refractivity contribution in [2.45, 2.75) is 51.2 Å². The molecular weight excluding hydrogens is 358 g/mol. The van der Waals surface area contributed by atoms with E-state index in [2.05, 4.69) is 17.3 Å². The maximum Gasteiger partial charge on any atom is 0.258 e. The molecule has 0 radical (unpaired) electrons. The Morgan fingerprint density at radius 1 is 1.18 bits per heavy atom. The molecule has 7 nitrogen and oxygen atoms in total. The number of nitrogens with one attached hydrogen (secondary N) is 1. The van der Waals surface area contributed by atoms with Gasteiger partial charge in [0.25, 0.3) is 11.8 Å². The molecule has 2 heterocycles. The topological polar surface area (TPSA) is 71.1 Å². The minimum Gasteiger partial charge on any atom is -0.493 e. The maximum absolute atomic E-state index is 13.0. The first kappa shape index (κ1) is 20.5. The number of rotatable bonds is 6. The van der Waals surface area contributed by atoms with E-state index in [9.17, 15) is 9.59 Å². The smallest absolute Gasteiger partial charge is 0.258 e. The summed E-state index contributed by atoms with van der Waals surface area (Å²) in [5.74, 6) is 0.730. The van der Waals surface area contributed by atoms with E-state index >= 15 is 0 Å². The fraction of sp³-hybridized carbons (Fsp3) is 0.619. The standard InChI is InChI=1S/C21H31N3O4/c1-14(2)22-20(25)13-28-18-8-5-15(11-19(18)27-4)21(26)24-10-9-16-6-7-17(12-24)23(16)3/h5,8,11,14,16-17H,6-7,9-10,12-13H2,1-4H3,(H,22,25). The van der Waals surface area contributed by atoms with Gasteiger partial charge >= 0.3 is 0 Å². The highest BCUT2D eigenvalue weighted by Crippen LogP contribution is 2.31. The maximum atomic E-state index is 13.0. The Morgan fingerprint density at radius 2 is 1.93 bits per heavy atom. The summed E-state index contributed by atoms with van der Waals surface area (Å²) >= 11 is 0.